The molecule has 0 saturated carbocycles. The summed E-state index contributed by atoms with van der Waals surface area (Å²) in [6.45, 7) is 1.79. The number of esters is 1. The molecule has 0 fully saturated rings. The lowest BCUT2D eigenvalue weighted by molar-refractivity contribution is -0.129. The lowest BCUT2D eigenvalue weighted by atomic mass is 10.1. The van der Waals surface area contributed by atoms with Gasteiger partial charge < -0.3 is 10.1 Å². The Labute approximate surface area is 162 Å². The number of carbonyl (C=O) groups is 2. The molecule has 7 nitrogen and oxygen atoms in total. The summed E-state index contributed by atoms with van der Waals surface area (Å²) in [6, 6.07) is 13.0. The monoisotopic (exact) mass is 410 g/mol. The Balaban J connectivity index is 1.95. The SMILES string of the molecule is C[C@@H](OC(=O)c1cc(S(N)(=O)=O)ccc1Cl)C(=O)NCCc1ccccc1. The summed E-state index contributed by atoms with van der Waals surface area (Å²) in [5, 5.41) is 7.70. The minimum absolute atomic E-state index is 0.0101. The fourth-order valence-electron chi connectivity index (χ4n) is 2.23. The van der Waals surface area contributed by atoms with Crippen LogP contribution < -0.4 is 10.5 Å². The van der Waals surface area contributed by atoms with E-state index in [1.165, 1.54) is 19.1 Å². The van der Waals surface area contributed by atoms with Crippen molar-refractivity contribution in [3.63, 3.8) is 0 Å². The van der Waals surface area contributed by atoms with Crippen molar-refractivity contribution in [2.45, 2.75) is 24.3 Å². The first-order valence-electron chi connectivity index (χ1n) is 8.03. The maximum Gasteiger partial charge on any atom is 0.340 e. The van der Waals surface area contributed by atoms with Crippen molar-refractivity contribution in [2.75, 3.05) is 6.54 Å². The van der Waals surface area contributed by atoms with E-state index in [4.69, 9.17) is 21.5 Å². The van der Waals surface area contributed by atoms with Gasteiger partial charge in [-0.1, -0.05) is 41.9 Å². The lowest BCUT2D eigenvalue weighted by Crippen LogP contribution is -2.37. The van der Waals surface area contributed by atoms with Crippen LogP contribution in [0.1, 0.15) is 22.8 Å². The molecule has 2 rings (SSSR count). The van der Waals surface area contributed by atoms with Crippen molar-refractivity contribution >= 4 is 33.5 Å². The highest BCUT2D eigenvalue weighted by atomic mass is 35.5. The van der Waals surface area contributed by atoms with E-state index in [0.29, 0.717) is 13.0 Å². The number of sulfonamides is 1. The van der Waals surface area contributed by atoms with E-state index in [-0.39, 0.29) is 15.5 Å². The number of ether oxygens (including phenoxy) is 1. The second-order valence-electron chi connectivity index (χ2n) is 5.76. The maximum atomic E-state index is 12.2. The number of benzene rings is 2. The van der Waals surface area contributed by atoms with E-state index in [1.807, 2.05) is 30.3 Å². The molecule has 0 unspecified atom stereocenters. The van der Waals surface area contributed by atoms with Gasteiger partial charge in [0.15, 0.2) is 6.10 Å². The van der Waals surface area contributed by atoms with Crippen LogP contribution in [0.5, 0.6) is 0 Å². The number of nitrogens with two attached hydrogens (primary N) is 1. The number of halogens is 1. The van der Waals surface area contributed by atoms with Crippen molar-refractivity contribution in [3.8, 4) is 0 Å². The number of carbonyl (C=O) groups excluding carboxylic acids is 2. The van der Waals surface area contributed by atoms with Crippen LogP contribution in [0.2, 0.25) is 5.02 Å². The highest BCUT2D eigenvalue weighted by Gasteiger charge is 2.22. The van der Waals surface area contributed by atoms with Crippen molar-refractivity contribution in [2.24, 2.45) is 5.14 Å². The van der Waals surface area contributed by atoms with Gasteiger partial charge in [0.1, 0.15) is 0 Å². The predicted molar refractivity (Wildman–Crippen MR) is 101 cm³/mol. The van der Waals surface area contributed by atoms with E-state index < -0.39 is 28.0 Å². The second-order valence-corrected chi connectivity index (χ2v) is 7.73. The van der Waals surface area contributed by atoms with E-state index in [9.17, 15) is 18.0 Å². The smallest absolute Gasteiger partial charge is 0.340 e. The van der Waals surface area contributed by atoms with Gasteiger partial charge in [-0.25, -0.2) is 18.4 Å². The molecule has 2 aromatic rings. The topological polar surface area (TPSA) is 116 Å². The van der Waals surface area contributed by atoms with E-state index in [2.05, 4.69) is 5.32 Å². The highest BCUT2D eigenvalue weighted by molar-refractivity contribution is 7.89. The van der Waals surface area contributed by atoms with Crippen LogP contribution in [0.15, 0.2) is 53.4 Å². The van der Waals surface area contributed by atoms with Crippen molar-refractivity contribution in [3.05, 3.63) is 64.7 Å². The molecular formula is C18H19ClN2O5S. The van der Waals surface area contributed by atoms with Crippen LogP contribution in [0.25, 0.3) is 0 Å². The Bertz CT molecular complexity index is 932. The molecule has 1 atom stereocenters. The van der Waals surface area contributed by atoms with Gasteiger partial charge in [-0.3, -0.25) is 4.79 Å². The average molecular weight is 411 g/mol. The lowest BCUT2D eigenvalue weighted by Gasteiger charge is -2.14. The minimum atomic E-state index is -4.00. The average Bonchev–Trinajstić information content (AvgIpc) is 2.61. The van der Waals surface area contributed by atoms with E-state index in [1.54, 1.807) is 0 Å². The molecule has 0 bridgehead atoms. The molecule has 1 amide bonds. The molecule has 27 heavy (non-hydrogen) atoms. The molecule has 0 aliphatic carbocycles. The number of amides is 1. The summed E-state index contributed by atoms with van der Waals surface area (Å²) in [4.78, 5) is 24.0. The summed E-state index contributed by atoms with van der Waals surface area (Å²) in [7, 11) is -4.00. The quantitative estimate of drug-likeness (QED) is 0.676. The zero-order valence-electron chi connectivity index (χ0n) is 14.5. The van der Waals surface area contributed by atoms with Gasteiger partial charge in [0.25, 0.3) is 5.91 Å². The normalized spacial score (nSPS) is 12.3. The Morgan fingerprint density at radius 2 is 1.85 bits per heavy atom. The molecule has 0 spiro atoms. The number of hydrogen-bond acceptors (Lipinski definition) is 5. The molecule has 0 heterocycles. The molecular weight excluding hydrogens is 392 g/mol. The number of primary sulfonamides is 1. The zero-order valence-corrected chi connectivity index (χ0v) is 16.1. The number of rotatable bonds is 7. The van der Waals surface area contributed by atoms with Gasteiger partial charge >= 0.3 is 5.97 Å². The first kappa shape index (κ1) is 20.9. The fourth-order valence-corrected chi connectivity index (χ4v) is 2.97. The van der Waals surface area contributed by atoms with Crippen molar-refractivity contribution in [1.82, 2.24) is 5.32 Å². The van der Waals surface area contributed by atoms with Crippen LogP contribution >= 0.6 is 11.6 Å². The Morgan fingerprint density at radius 1 is 1.19 bits per heavy atom. The summed E-state index contributed by atoms with van der Waals surface area (Å²) < 4.78 is 27.9. The van der Waals surface area contributed by atoms with Gasteiger partial charge in [-0.2, -0.15) is 0 Å². The molecule has 2 aromatic carbocycles. The van der Waals surface area contributed by atoms with Gasteiger partial charge in [0.05, 0.1) is 15.5 Å². The second kappa shape index (κ2) is 8.98. The van der Waals surface area contributed by atoms with Gasteiger partial charge in [-0.05, 0) is 37.1 Å². The van der Waals surface area contributed by atoms with Crippen LogP contribution in [0, 0.1) is 0 Å². The van der Waals surface area contributed by atoms with E-state index >= 15 is 0 Å². The van der Waals surface area contributed by atoms with E-state index in [0.717, 1.165) is 11.6 Å². The van der Waals surface area contributed by atoms with Crippen LogP contribution in [0.3, 0.4) is 0 Å². The van der Waals surface area contributed by atoms with Gasteiger partial charge in [-0.15, -0.1) is 0 Å². The molecule has 0 aromatic heterocycles. The molecule has 0 aliphatic heterocycles. The highest BCUT2D eigenvalue weighted by Crippen LogP contribution is 2.21. The van der Waals surface area contributed by atoms with Crippen molar-refractivity contribution < 1.29 is 22.7 Å². The molecule has 0 saturated heterocycles. The third-order valence-corrected chi connectivity index (χ3v) is 4.94. The molecule has 9 heteroatoms. The Hall–Kier alpha value is -2.42. The summed E-state index contributed by atoms with van der Waals surface area (Å²) in [6.07, 6.45) is -0.447. The summed E-state index contributed by atoms with van der Waals surface area (Å²) in [5.41, 5.74) is 0.876. The third kappa shape index (κ3) is 6.06. The van der Waals surface area contributed by atoms with Crippen LogP contribution in [-0.4, -0.2) is 32.9 Å². The third-order valence-electron chi connectivity index (χ3n) is 3.70. The van der Waals surface area contributed by atoms with Crippen LogP contribution in [-0.2, 0) is 26.0 Å². The summed E-state index contributed by atoms with van der Waals surface area (Å²) >= 11 is 5.92. The molecule has 3 N–H and O–H groups in total. The largest absolute Gasteiger partial charge is 0.449 e. The summed E-state index contributed by atoms with van der Waals surface area (Å²) in [5.74, 6) is -1.39. The van der Waals surface area contributed by atoms with Gasteiger partial charge in [0, 0.05) is 6.54 Å². The van der Waals surface area contributed by atoms with Crippen molar-refractivity contribution in [1.29, 1.82) is 0 Å². The fraction of sp³-hybridized carbons (Fsp3) is 0.222. The van der Waals surface area contributed by atoms with Gasteiger partial charge in [0.2, 0.25) is 10.0 Å². The Kier molecular flexibility index (Phi) is 6.95. The predicted octanol–water partition coefficient (Wildman–Crippen LogP) is 1.89. The first-order valence-corrected chi connectivity index (χ1v) is 9.96. The molecule has 0 aliphatic rings. The number of hydrogen-bond donors (Lipinski definition) is 2. The standard InChI is InChI=1S/C18H19ClN2O5S/c1-12(17(22)21-10-9-13-5-3-2-4-6-13)26-18(23)15-11-14(27(20,24)25)7-8-16(15)19/h2-8,11-12H,9-10H2,1H3,(H,21,22)(H2,20,24,25)/t12-/m1/s1. The zero-order chi connectivity index (χ0) is 20.0. The maximum absolute atomic E-state index is 12.2. The molecule has 0 radical (unpaired) electrons. The van der Waals surface area contributed by atoms with Crippen LogP contribution in [0.4, 0.5) is 0 Å². The minimum Gasteiger partial charge on any atom is -0.449 e. The molecule has 144 valence electrons. The Morgan fingerprint density at radius 3 is 2.48 bits per heavy atom. The first-order chi connectivity index (χ1) is 12.7. The number of nitrogens with one attached hydrogen (secondary N) is 1.